The Labute approximate surface area is 128 Å². The fourth-order valence-electron chi connectivity index (χ4n) is 2.58. The van der Waals surface area contributed by atoms with Gasteiger partial charge in [-0.25, -0.2) is 0 Å². The van der Waals surface area contributed by atoms with E-state index in [0.29, 0.717) is 11.1 Å². The Morgan fingerprint density at radius 2 is 1.86 bits per heavy atom. The highest BCUT2D eigenvalue weighted by molar-refractivity contribution is 6.22. The molecular formula is C14H16ClN3O3. The number of carbonyl (C=O) groups is 3. The summed E-state index contributed by atoms with van der Waals surface area (Å²) in [6.07, 6.45) is 0.869. The molecule has 3 amide bonds. The number of nitrogens with zero attached hydrogens (tertiary/aromatic N) is 1. The predicted molar refractivity (Wildman–Crippen MR) is 78.5 cm³/mol. The van der Waals surface area contributed by atoms with Crippen molar-refractivity contribution >= 4 is 30.1 Å². The summed E-state index contributed by atoms with van der Waals surface area (Å²) in [6.45, 7) is 1.38. The number of hydrogen-bond acceptors (Lipinski definition) is 4. The van der Waals surface area contributed by atoms with Crippen LogP contribution in [0.4, 0.5) is 0 Å². The lowest BCUT2D eigenvalue weighted by atomic mass is 10.1. The molecule has 1 aromatic rings. The van der Waals surface area contributed by atoms with Crippen molar-refractivity contribution in [3.8, 4) is 0 Å². The van der Waals surface area contributed by atoms with Crippen LogP contribution in [0.25, 0.3) is 0 Å². The van der Waals surface area contributed by atoms with Crippen LogP contribution in [-0.4, -0.2) is 48.3 Å². The zero-order valence-electron chi connectivity index (χ0n) is 11.3. The third-order valence-electron chi connectivity index (χ3n) is 3.61. The van der Waals surface area contributed by atoms with Crippen molar-refractivity contribution < 1.29 is 14.4 Å². The summed E-state index contributed by atoms with van der Waals surface area (Å²) in [5.41, 5.74) is 0.737. The molecule has 0 aromatic heterocycles. The van der Waals surface area contributed by atoms with Crippen LogP contribution in [0.1, 0.15) is 27.1 Å². The normalized spacial score (nSPS) is 20.2. The van der Waals surface area contributed by atoms with E-state index in [0.717, 1.165) is 24.4 Å². The average molecular weight is 310 g/mol. The maximum atomic E-state index is 12.1. The molecule has 1 fully saturated rings. The van der Waals surface area contributed by atoms with E-state index < -0.39 is 11.8 Å². The zero-order chi connectivity index (χ0) is 14.1. The summed E-state index contributed by atoms with van der Waals surface area (Å²) in [4.78, 5) is 37.1. The molecule has 2 aliphatic rings. The van der Waals surface area contributed by atoms with E-state index in [-0.39, 0.29) is 30.9 Å². The van der Waals surface area contributed by atoms with E-state index in [9.17, 15) is 14.4 Å². The Morgan fingerprint density at radius 3 is 2.38 bits per heavy atom. The lowest BCUT2D eigenvalue weighted by Crippen LogP contribution is -2.44. The second-order valence-electron chi connectivity index (χ2n) is 5.00. The number of fused-ring (bicyclic) bond motifs is 1. The van der Waals surface area contributed by atoms with Crippen LogP contribution >= 0.6 is 12.4 Å². The maximum absolute atomic E-state index is 12.1. The largest absolute Gasteiger partial charge is 0.350 e. The highest BCUT2D eigenvalue weighted by atomic mass is 35.5. The molecule has 2 aliphatic heterocycles. The van der Waals surface area contributed by atoms with Crippen LogP contribution in [-0.2, 0) is 4.79 Å². The lowest BCUT2D eigenvalue weighted by molar-refractivity contribution is -0.122. The maximum Gasteiger partial charge on any atom is 0.262 e. The first-order valence-corrected chi connectivity index (χ1v) is 6.62. The molecule has 112 valence electrons. The molecule has 0 saturated carbocycles. The monoisotopic (exact) mass is 309 g/mol. The molecule has 0 spiro atoms. The van der Waals surface area contributed by atoms with Gasteiger partial charge in [-0.3, -0.25) is 19.3 Å². The molecule has 6 nitrogen and oxygen atoms in total. The first kappa shape index (κ1) is 15.5. The summed E-state index contributed by atoms with van der Waals surface area (Å²) < 4.78 is 0. The second kappa shape index (κ2) is 6.24. The van der Waals surface area contributed by atoms with Gasteiger partial charge in [-0.1, -0.05) is 12.1 Å². The van der Waals surface area contributed by atoms with Crippen LogP contribution in [0.3, 0.4) is 0 Å². The number of amides is 3. The number of imide groups is 1. The van der Waals surface area contributed by atoms with Gasteiger partial charge in [-0.2, -0.15) is 0 Å². The number of rotatable bonds is 3. The standard InChI is InChI=1S/C14H15N3O3.ClH/c18-12(16-9-5-6-15-7-9)8-17-13(19)10-3-1-2-4-11(10)14(17)20;/h1-4,9,15H,5-8H2,(H,16,18);1H. The Kier molecular flexibility index (Phi) is 4.59. The summed E-state index contributed by atoms with van der Waals surface area (Å²) in [5, 5.41) is 5.97. The minimum Gasteiger partial charge on any atom is -0.350 e. The van der Waals surface area contributed by atoms with Crippen molar-refractivity contribution in [1.29, 1.82) is 0 Å². The van der Waals surface area contributed by atoms with E-state index in [1.807, 2.05) is 0 Å². The van der Waals surface area contributed by atoms with Gasteiger partial charge in [0.2, 0.25) is 5.91 Å². The number of carbonyl (C=O) groups excluding carboxylic acids is 3. The first-order valence-electron chi connectivity index (χ1n) is 6.62. The summed E-state index contributed by atoms with van der Waals surface area (Å²) in [7, 11) is 0. The van der Waals surface area contributed by atoms with Crippen LogP contribution in [0, 0.1) is 0 Å². The second-order valence-corrected chi connectivity index (χ2v) is 5.00. The van der Waals surface area contributed by atoms with Crippen molar-refractivity contribution in [3.63, 3.8) is 0 Å². The number of halogens is 1. The van der Waals surface area contributed by atoms with Crippen molar-refractivity contribution in [3.05, 3.63) is 35.4 Å². The highest BCUT2D eigenvalue weighted by Gasteiger charge is 2.36. The van der Waals surface area contributed by atoms with Crippen molar-refractivity contribution in [2.75, 3.05) is 19.6 Å². The van der Waals surface area contributed by atoms with Crippen LogP contribution in [0.5, 0.6) is 0 Å². The topological polar surface area (TPSA) is 78.5 Å². The summed E-state index contributed by atoms with van der Waals surface area (Å²) in [5.74, 6) is -1.09. The molecule has 2 heterocycles. The third-order valence-corrected chi connectivity index (χ3v) is 3.61. The van der Waals surface area contributed by atoms with Crippen LogP contribution < -0.4 is 10.6 Å². The molecular weight excluding hydrogens is 294 g/mol. The van der Waals surface area contributed by atoms with Crippen molar-refractivity contribution in [2.24, 2.45) is 0 Å². The smallest absolute Gasteiger partial charge is 0.262 e. The third kappa shape index (κ3) is 2.91. The van der Waals surface area contributed by atoms with Gasteiger partial charge >= 0.3 is 0 Å². The van der Waals surface area contributed by atoms with Crippen molar-refractivity contribution in [1.82, 2.24) is 15.5 Å². The van der Waals surface area contributed by atoms with E-state index >= 15 is 0 Å². The Bertz CT molecular complexity index is 550. The summed E-state index contributed by atoms with van der Waals surface area (Å²) in [6, 6.07) is 6.70. The Balaban J connectivity index is 0.00000161. The summed E-state index contributed by atoms with van der Waals surface area (Å²) >= 11 is 0. The van der Waals surface area contributed by atoms with Gasteiger partial charge in [0.05, 0.1) is 11.1 Å². The van der Waals surface area contributed by atoms with Gasteiger partial charge in [0, 0.05) is 12.6 Å². The molecule has 2 N–H and O–H groups in total. The SMILES string of the molecule is Cl.O=C(CN1C(=O)c2ccccc2C1=O)NC1CCNC1. The molecule has 0 radical (unpaired) electrons. The molecule has 7 heteroatoms. The fourth-order valence-corrected chi connectivity index (χ4v) is 2.58. The predicted octanol–water partition coefficient (Wildman–Crippen LogP) is 0.182. The van der Waals surface area contributed by atoms with E-state index in [2.05, 4.69) is 10.6 Å². The van der Waals surface area contributed by atoms with Crippen LogP contribution in [0.2, 0.25) is 0 Å². The van der Waals surface area contributed by atoms with Gasteiger partial charge < -0.3 is 10.6 Å². The van der Waals surface area contributed by atoms with Gasteiger partial charge in [0.1, 0.15) is 6.54 Å². The fraction of sp³-hybridized carbons (Fsp3) is 0.357. The minimum atomic E-state index is -0.398. The molecule has 1 unspecified atom stereocenters. The van der Waals surface area contributed by atoms with Crippen LogP contribution in [0.15, 0.2) is 24.3 Å². The zero-order valence-corrected chi connectivity index (χ0v) is 12.1. The number of hydrogen-bond donors (Lipinski definition) is 2. The highest BCUT2D eigenvalue weighted by Crippen LogP contribution is 2.21. The molecule has 21 heavy (non-hydrogen) atoms. The van der Waals surface area contributed by atoms with Gasteiger partial charge in [-0.05, 0) is 25.1 Å². The van der Waals surface area contributed by atoms with Gasteiger partial charge in [-0.15, -0.1) is 12.4 Å². The van der Waals surface area contributed by atoms with E-state index in [1.165, 1.54) is 0 Å². The van der Waals surface area contributed by atoms with Gasteiger partial charge in [0.25, 0.3) is 11.8 Å². The number of nitrogens with one attached hydrogen (secondary N) is 2. The minimum absolute atomic E-state index is 0. The average Bonchev–Trinajstić information content (AvgIpc) is 3.03. The van der Waals surface area contributed by atoms with E-state index in [1.54, 1.807) is 24.3 Å². The molecule has 3 rings (SSSR count). The Morgan fingerprint density at radius 1 is 1.24 bits per heavy atom. The lowest BCUT2D eigenvalue weighted by Gasteiger charge is -2.16. The molecule has 1 saturated heterocycles. The number of benzene rings is 1. The molecule has 0 bridgehead atoms. The quantitative estimate of drug-likeness (QED) is 0.781. The van der Waals surface area contributed by atoms with E-state index in [4.69, 9.17) is 0 Å². The van der Waals surface area contributed by atoms with Crippen molar-refractivity contribution in [2.45, 2.75) is 12.5 Å². The van der Waals surface area contributed by atoms with Gasteiger partial charge in [0.15, 0.2) is 0 Å². The Hall–Kier alpha value is -1.92. The molecule has 1 atom stereocenters. The first-order chi connectivity index (χ1) is 9.66. The molecule has 1 aromatic carbocycles. The molecule has 0 aliphatic carbocycles.